The monoisotopic (exact) mass is 278 g/mol. The van der Waals surface area contributed by atoms with E-state index in [1.54, 1.807) is 0 Å². The number of hydrogen-bond acceptors (Lipinski definition) is 3. The highest BCUT2D eigenvalue weighted by Gasteiger charge is 2.31. The van der Waals surface area contributed by atoms with Gasteiger partial charge in [-0.25, -0.2) is 0 Å². The fourth-order valence-electron chi connectivity index (χ4n) is 4.30. The molecule has 2 saturated heterocycles. The molecule has 0 aromatic heterocycles. The van der Waals surface area contributed by atoms with Crippen LogP contribution >= 0.6 is 0 Å². The molecule has 1 aliphatic carbocycles. The van der Waals surface area contributed by atoms with Gasteiger partial charge >= 0.3 is 0 Å². The van der Waals surface area contributed by atoms with E-state index in [1.165, 1.54) is 64.7 Å². The van der Waals surface area contributed by atoms with Crippen LogP contribution in [0.5, 0.6) is 0 Å². The van der Waals surface area contributed by atoms with Gasteiger partial charge in [0.05, 0.1) is 0 Å². The molecule has 20 heavy (non-hydrogen) atoms. The van der Waals surface area contributed by atoms with Crippen LogP contribution in [-0.4, -0.2) is 54.3 Å². The van der Waals surface area contributed by atoms with Gasteiger partial charge in [-0.1, -0.05) is 19.3 Å². The molecule has 2 unspecified atom stereocenters. The van der Waals surface area contributed by atoms with Gasteiger partial charge in [-0.05, 0) is 51.7 Å². The van der Waals surface area contributed by atoms with E-state index in [1.807, 2.05) is 0 Å². The number of nitrogens with zero attached hydrogens (tertiary/aromatic N) is 2. The molecule has 0 aromatic carbocycles. The largest absolute Gasteiger partial charge is 0.301 e. The minimum Gasteiger partial charge on any atom is -0.301 e. The summed E-state index contributed by atoms with van der Waals surface area (Å²) in [6.07, 6.45) is 11.2. The highest BCUT2D eigenvalue weighted by molar-refractivity contribution is 5.81. The number of Topliss-reactive ketones (excluding diaryl/α,β-unsaturated/α-hetero) is 1. The van der Waals surface area contributed by atoms with Gasteiger partial charge in [0.2, 0.25) is 0 Å². The van der Waals surface area contributed by atoms with E-state index >= 15 is 0 Å². The van der Waals surface area contributed by atoms with Crippen molar-refractivity contribution in [1.29, 1.82) is 0 Å². The summed E-state index contributed by atoms with van der Waals surface area (Å²) in [5.41, 5.74) is 0. The Bertz CT molecular complexity index is 325. The summed E-state index contributed by atoms with van der Waals surface area (Å²) >= 11 is 0. The summed E-state index contributed by atoms with van der Waals surface area (Å²) in [5, 5.41) is 0. The van der Waals surface area contributed by atoms with E-state index in [0.29, 0.717) is 11.7 Å². The summed E-state index contributed by atoms with van der Waals surface area (Å²) < 4.78 is 0. The van der Waals surface area contributed by atoms with Crippen molar-refractivity contribution in [3.8, 4) is 0 Å². The van der Waals surface area contributed by atoms with Crippen molar-refractivity contribution in [2.45, 2.75) is 63.8 Å². The SMILES string of the molecule is O=C1CCCCCC1CN1CCC(N2CCCCC2)C1. The average Bonchev–Trinajstić information content (AvgIpc) is 2.86. The number of rotatable bonds is 3. The molecular weight excluding hydrogens is 248 g/mol. The highest BCUT2D eigenvalue weighted by Crippen LogP contribution is 2.25. The van der Waals surface area contributed by atoms with E-state index < -0.39 is 0 Å². The molecule has 3 fully saturated rings. The first-order valence-electron chi connectivity index (χ1n) is 8.82. The van der Waals surface area contributed by atoms with Crippen molar-refractivity contribution >= 4 is 5.78 Å². The van der Waals surface area contributed by atoms with Gasteiger partial charge in [-0.2, -0.15) is 0 Å². The van der Waals surface area contributed by atoms with Crippen molar-refractivity contribution in [2.24, 2.45) is 5.92 Å². The third-order valence-electron chi connectivity index (χ3n) is 5.56. The molecule has 0 amide bonds. The van der Waals surface area contributed by atoms with E-state index in [9.17, 15) is 4.79 Å². The molecule has 3 nitrogen and oxygen atoms in total. The van der Waals surface area contributed by atoms with Gasteiger partial charge in [0.15, 0.2) is 0 Å². The maximum atomic E-state index is 12.1. The summed E-state index contributed by atoms with van der Waals surface area (Å²) in [6.45, 7) is 6.08. The van der Waals surface area contributed by atoms with Gasteiger partial charge < -0.3 is 4.90 Å². The number of piperidine rings is 1. The van der Waals surface area contributed by atoms with Crippen LogP contribution in [0, 0.1) is 5.92 Å². The lowest BCUT2D eigenvalue weighted by Gasteiger charge is -2.32. The maximum absolute atomic E-state index is 12.1. The molecule has 3 heteroatoms. The first kappa shape index (κ1) is 14.5. The van der Waals surface area contributed by atoms with Crippen molar-refractivity contribution in [2.75, 3.05) is 32.7 Å². The summed E-state index contributed by atoms with van der Waals surface area (Å²) in [5.74, 6) is 0.890. The van der Waals surface area contributed by atoms with Gasteiger partial charge in [0.25, 0.3) is 0 Å². The zero-order valence-corrected chi connectivity index (χ0v) is 12.9. The molecule has 0 N–H and O–H groups in total. The van der Waals surface area contributed by atoms with Gasteiger partial charge in [-0.3, -0.25) is 9.69 Å². The number of carbonyl (C=O) groups is 1. The normalized spacial score (nSPS) is 34.3. The second kappa shape index (κ2) is 7.04. The molecular formula is C17H30N2O. The Hall–Kier alpha value is -0.410. The van der Waals surface area contributed by atoms with E-state index in [4.69, 9.17) is 0 Å². The molecule has 1 saturated carbocycles. The number of hydrogen-bond donors (Lipinski definition) is 0. The predicted octanol–water partition coefficient (Wildman–Crippen LogP) is 2.70. The third kappa shape index (κ3) is 3.62. The van der Waals surface area contributed by atoms with Crippen molar-refractivity contribution in [3.63, 3.8) is 0 Å². The quantitative estimate of drug-likeness (QED) is 0.742. The Morgan fingerprint density at radius 3 is 2.55 bits per heavy atom. The van der Waals surface area contributed by atoms with Crippen LogP contribution in [0.2, 0.25) is 0 Å². The van der Waals surface area contributed by atoms with Crippen LogP contribution in [-0.2, 0) is 4.79 Å². The first-order chi connectivity index (χ1) is 9.83. The van der Waals surface area contributed by atoms with Crippen LogP contribution in [0.1, 0.15) is 57.8 Å². The molecule has 2 aliphatic heterocycles. The van der Waals surface area contributed by atoms with Crippen LogP contribution in [0.4, 0.5) is 0 Å². The Kier molecular flexibility index (Phi) is 5.11. The number of likely N-dealkylation sites (tertiary alicyclic amines) is 2. The zero-order valence-electron chi connectivity index (χ0n) is 12.9. The minimum absolute atomic E-state index is 0.345. The average molecular weight is 278 g/mol. The third-order valence-corrected chi connectivity index (χ3v) is 5.56. The van der Waals surface area contributed by atoms with Crippen LogP contribution in [0.3, 0.4) is 0 Å². The first-order valence-corrected chi connectivity index (χ1v) is 8.82. The maximum Gasteiger partial charge on any atom is 0.137 e. The highest BCUT2D eigenvalue weighted by atomic mass is 16.1. The van der Waals surface area contributed by atoms with Crippen molar-refractivity contribution in [1.82, 2.24) is 9.80 Å². The summed E-state index contributed by atoms with van der Waals surface area (Å²) in [7, 11) is 0. The lowest BCUT2D eigenvalue weighted by molar-refractivity contribution is -0.123. The fraction of sp³-hybridized carbons (Fsp3) is 0.941. The second-order valence-corrected chi connectivity index (χ2v) is 7.06. The molecule has 114 valence electrons. The zero-order chi connectivity index (χ0) is 13.8. The summed E-state index contributed by atoms with van der Waals surface area (Å²) in [4.78, 5) is 17.4. The topological polar surface area (TPSA) is 23.6 Å². The molecule has 3 rings (SSSR count). The molecule has 0 radical (unpaired) electrons. The molecule has 0 spiro atoms. The van der Waals surface area contributed by atoms with E-state index in [2.05, 4.69) is 9.80 Å². The molecule has 2 atom stereocenters. The number of ketones is 1. The second-order valence-electron chi connectivity index (χ2n) is 7.06. The molecule has 0 aromatic rings. The van der Waals surface area contributed by atoms with Crippen LogP contribution in [0.25, 0.3) is 0 Å². The van der Waals surface area contributed by atoms with Gasteiger partial charge in [0.1, 0.15) is 5.78 Å². The lowest BCUT2D eigenvalue weighted by Crippen LogP contribution is -2.41. The Balaban J connectivity index is 1.48. The minimum atomic E-state index is 0.345. The lowest BCUT2D eigenvalue weighted by atomic mass is 9.98. The van der Waals surface area contributed by atoms with E-state index in [0.717, 1.165) is 31.8 Å². The Morgan fingerprint density at radius 1 is 0.900 bits per heavy atom. The molecule has 2 heterocycles. The molecule has 0 bridgehead atoms. The fourth-order valence-corrected chi connectivity index (χ4v) is 4.30. The van der Waals surface area contributed by atoms with Crippen molar-refractivity contribution in [3.05, 3.63) is 0 Å². The van der Waals surface area contributed by atoms with Crippen LogP contribution < -0.4 is 0 Å². The standard InChI is InChI=1S/C17H30N2O/c20-17-8-4-1-3-7-15(17)13-18-12-9-16(14-18)19-10-5-2-6-11-19/h15-16H,1-14H2. The van der Waals surface area contributed by atoms with Crippen molar-refractivity contribution < 1.29 is 4.79 Å². The smallest absolute Gasteiger partial charge is 0.137 e. The summed E-state index contributed by atoms with van der Waals surface area (Å²) in [6, 6.07) is 0.774. The van der Waals surface area contributed by atoms with Crippen LogP contribution in [0.15, 0.2) is 0 Å². The van der Waals surface area contributed by atoms with E-state index in [-0.39, 0.29) is 0 Å². The number of carbonyl (C=O) groups excluding carboxylic acids is 1. The Labute approximate surface area is 123 Å². The van der Waals surface area contributed by atoms with Gasteiger partial charge in [-0.15, -0.1) is 0 Å². The molecule has 3 aliphatic rings. The van der Waals surface area contributed by atoms with Gasteiger partial charge in [0, 0.05) is 31.5 Å². The predicted molar refractivity (Wildman–Crippen MR) is 81.9 cm³/mol. The Morgan fingerprint density at radius 2 is 1.70 bits per heavy atom.